The molecule has 2 N–H and O–H groups in total. The summed E-state index contributed by atoms with van der Waals surface area (Å²) >= 11 is 0. The third-order valence-electron chi connectivity index (χ3n) is 5.39. The molecule has 1 heterocycles. The average molecular weight is 426 g/mol. The first-order valence-corrected chi connectivity index (χ1v) is 10.8. The maximum atomic E-state index is 13.0. The van der Waals surface area contributed by atoms with Crippen molar-refractivity contribution in [3.05, 3.63) is 47.5 Å². The molecule has 0 bridgehead atoms. The number of nitrogens with one attached hydrogen (secondary N) is 2. The highest BCUT2D eigenvalue weighted by molar-refractivity contribution is 6.09. The Morgan fingerprint density at radius 3 is 2.26 bits per heavy atom. The molecular formula is C24H31N3O4. The van der Waals surface area contributed by atoms with Gasteiger partial charge in [0.25, 0.3) is 11.8 Å². The highest BCUT2D eigenvalue weighted by Crippen LogP contribution is 2.31. The molecule has 2 aromatic carbocycles. The van der Waals surface area contributed by atoms with Gasteiger partial charge in [-0.1, -0.05) is 13.0 Å². The molecular weight excluding hydrogens is 394 g/mol. The largest absolute Gasteiger partial charge is 0.496 e. The van der Waals surface area contributed by atoms with E-state index in [1.165, 1.54) is 20.6 Å². The number of carbonyl (C=O) groups is 2. The van der Waals surface area contributed by atoms with Crippen LogP contribution >= 0.6 is 0 Å². The summed E-state index contributed by atoms with van der Waals surface area (Å²) < 4.78 is 10.7. The minimum Gasteiger partial charge on any atom is -0.496 e. The van der Waals surface area contributed by atoms with Crippen molar-refractivity contribution in [1.29, 1.82) is 0 Å². The van der Waals surface area contributed by atoms with E-state index in [1.54, 1.807) is 24.3 Å². The average Bonchev–Trinajstić information content (AvgIpc) is 2.82. The van der Waals surface area contributed by atoms with Gasteiger partial charge in [-0.2, -0.15) is 0 Å². The van der Waals surface area contributed by atoms with Gasteiger partial charge in [0.05, 0.1) is 19.8 Å². The third-order valence-corrected chi connectivity index (χ3v) is 5.39. The molecule has 0 radical (unpaired) electrons. The van der Waals surface area contributed by atoms with Crippen LogP contribution in [0.4, 0.5) is 11.4 Å². The van der Waals surface area contributed by atoms with Crippen LogP contribution in [0, 0.1) is 0 Å². The van der Waals surface area contributed by atoms with Crippen molar-refractivity contribution in [2.45, 2.75) is 32.6 Å². The number of hydrogen-bond donors (Lipinski definition) is 2. The van der Waals surface area contributed by atoms with E-state index in [1.807, 2.05) is 19.1 Å². The summed E-state index contributed by atoms with van der Waals surface area (Å²) in [7, 11) is 3.02. The first-order valence-electron chi connectivity index (χ1n) is 10.8. The van der Waals surface area contributed by atoms with Crippen molar-refractivity contribution in [1.82, 2.24) is 5.32 Å². The van der Waals surface area contributed by atoms with Crippen molar-refractivity contribution < 1.29 is 19.1 Å². The second kappa shape index (κ2) is 10.7. The molecule has 7 nitrogen and oxygen atoms in total. The summed E-state index contributed by atoms with van der Waals surface area (Å²) in [5.41, 5.74) is 2.33. The van der Waals surface area contributed by atoms with Gasteiger partial charge in [0.2, 0.25) is 0 Å². The Morgan fingerprint density at radius 1 is 0.968 bits per heavy atom. The zero-order valence-corrected chi connectivity index (χ0v) is 18.5. The van der Waals surface area contributed by atoms with Crippen molar-refractivity contribution in [3.8, 4) is 11.5 Å². The molecule has 31 heavy (non-hydrogen) atoms. The molecule has 3 rings (SSSR count). The summed E-state index contributed by atoms with van der Waals surface area (Å²) in [4.78, 5) is 28.2. The third kappa shape index (κ3) is 5.29. The number of piperidine rings is 1. The summed E-state index contributed by atoms with van der Waals surface area (Å²) in [5.74, 6) is 0.346. The summed E-state index contributed by atoms with van der Waals surface area (Å²) in [6.45, 7) is 4.48. The van der Waals surface area contributed by atoms with Gasteiger partial charge >= 0.3 is 0 Å². The standard InChI is InChI=1S/C24H31N3O4/c1-4-13-25-23(28)18-16-17(11-12-19(18)27-14-6-5-7-15-27)26-24(29)22-20(30-2)9-8-10-21(22)31-3/h8-12,16H,4-7,13-15H2,1-3H3,(H,25,28)(H,26,29). The SMILES string of the molecule is CCCNC(=O)c1cc(NC(=O)c2c(OC)cccc2OC)ccc1N1CCCCC1. The van der Waals surface area contributed by atoms with Crippen LogP contribution in [0.1, 0.15) is 53.3 Å². The van der Waals surface area contributed by atoms with Crippen LogP contribution in [0.2, 0.25) is 0 Å². The monoisotopic (exact) mass is 425 g/mol. The minimum absolute atomic E-state index is 0.131. The lowest BCUT2D eigenvalue weighted by atomic mass is 10.1. The number of rotatable bonds is 8. The number of carbonyl (C=O) groups excluding carboxylic acids is 2. The Labute approximate surface area is 183 Å². The van der Waals surface area contributed by atoms with Gasteiger partial charge < -0.3 is 25.0 Å². The quantitative estimate of drug-likeness (QED) is 0.666. The zero-order chi connectivity index (χ0) is 22.2. The first kappa shape index (κ1) is 22.5. The molecule has 0 atom stereocenters. The van der Waals surface area contributed by atoms with Gasteiger partial charge in [-0.3, -0.25) is 9.59 Å². The predicted octanol–water partition coefficient (Wildman–Crippen LogP) is 4.09. The van der Waals surface area contributed by atoms with E-state index < -0.39 is 0 Å². The number of amides is 2. The molecule has 0 aliphatic carbocycles. The zero-order valence-electron chi connectivity index (χ0n) is 18.5. The fourth-order valence-corrected chi connectivity index (χ4v) is 3.81. The predicted molar refractivity (Wildman–Crippen MR) is 123 cm³/mol. The summed E-state index contributed by atoms with van der Waals surface area (Å²) in [6.07, 6.45) is 4.29. The summed E-state index contributed by atoms with van der Waals surface area (Å²) in [5, 5.41) is 5.85. The lowest BCUT2D eigenvalue weighted by Gasteiger charge is -2.30. The normalized spacial score (nSPS) is 13.5. The number of benzene rings is 2. The lowest BCUT2D eigenvalue weighted by Crippen LogP contribution is -2.33. The van der Waals surface area contributed by atoms with E-state index in [4.69, 9.17) is 9.47 Å². The molecule has 1 saturated heterocycles. The van der Waals surface area contributed by atoms with Crippen LogP contribution in [0.3, 0.4) is 0 Å². The van der Waals surface area contributed by atoms with Gasteiger partial charge in [0, 0.05) is 31.0 Å². The molecule has 0 unspecified atom stereocenters. The van der Waals surface area contributed by atoms with Gasteiger partial charge in [0.15, 0.2) is 0 Å². The Kier molecular flexibility index (Phi) is 7.76. The summed E-state index contributed by atoms with van der Waals surface area (Å²) in [6, 6.07) is 10.7. The molecule has 1 aliphatic rings. The van der Waals surface area contributed by atoms with Crippen LogP contribution in [-0.2, 0) is 0 Å². The van der Waals surface area contributed by atoms with Crippen LogP contribution in [-0.4, -0.2) is 45.7 Å². The fraction of sp³-hybridized carbons (Fsp3) is 0.417. The van der Waals surface area contributed by atoms with Gasteiger partial charge in [-0.15, -0.1) is 0 Å². The van der Waals surface area contributed by atoms with Crippen LogP contribution in [0.15, 0.2) is 36.4 Å². The Morgan fingerprint density at radius 2 is 1.65 bits per heavy atom. The van der Waals surface area contributed by atoms with E-state index in [9.17, 15) is 9.59 Å². The molecule has 7 heteroatoms. The van der Waals surface area contributed by atoms with E-state index in [0.717, 1.165) is 38.0 Å². The fourth-order valence-electron chi connectivity index (χ4n) is 3.81. The molecule has 0 saturated carbocycles. The number of hydrogen-bond acceptors (Lipinski definition) is 5. The van der Waals surface area contributed by atoms with Crippen LogP contribution in [0.5, 0.6) is 11.5 Å². The molecule has 1 fully saturated rings. The number of methoxy groups -OCH3 is 2. The van der Waals surface area contributed by atoms with Gasteiger partial charge in [-0.05, 0) is 56.0 Å². The second-order valence-electron chi connectivity index (χ2n) is 7.53. The Balaban J connectivity index is 1.91. The smallest absolute Gasteiger partial charge is 0.263 e. The molecule has 2 aromatic rings. The molecule has 2 amide bonds. The second-order valence-corrected chi connectivity index (χ2v) is 7.53. The van der Waals surface area contributed by atoms with E-state index in [0.29, 0.717) is 34.9 Å². The minimum atomic E-state index is -0.361. The van der Waals surface area contributed by atoms with Gasteiger partial charge in [0.1, 0.15) is 17.1 Å². The van der Waals surface area contributed by atoms with E-state index in [2.05, 4.69) is 15.5 Å². The van der Waals surface area contributed by atoms with E-state index in [-0.39, 0.29) is 11.8 Å². The number of anilines is 2. The lowest BCUT2D eigenvalue weighted by molar-refractivity contribution is 0.0952. The highest BCUT2D eigenvalue weighted by Gasteiger charge is 2.22. The Bertz CT molecular complexity index is 901. The molecule has 1 aliphatic heterocycles. The maximum absolute atomic E-state index is 13.0. The topological polar surface area (TPSA) is 79.9 Å². The van der Waals surface area contributed by atoms with Crippen molar-refractivity contribution >= 4 is 23.2 Å². The van der Waals surface area contributed by atoms with Crippen molar-refractivity contribution in [3.63, 3.8) is 0 Å². The van der Waals surface area contributed by atoms with Crippen LogP contribution in [0.25, 0.3) is 0 Å². The maximum Gasteiger partial charge on any atom is 0.263 e. The number of nitrogens with zero attached hydrogens (tertiary/aromatic N) is 1. The highest BCUT2D eigenvalue weighted by atomic mass is 16.5. The molecule has 0 spiro atoms. The molecule has 166 valence electrons. The van der Waals surface area contributed by atoms with E-state index >= 15 is 0 Å². The first-order chi connectivity index (χ1) is 15.1. The van der Waals surface area contributed by atoms with Crippen molar-refractivity contribution in [2.75, 3.05) is 44.1 Å². The number of ether oxygens (including phenoxy) is 2. The molecule has 0 aromatic heterocycles. The Hall–Kier alpha value is -3.22. The van der Waals surface area contributed by atoms with Crippen molar-refractivity contribution in [2.24, 2.45) is 0 Å². The van der Waals surface area contributed by atoms with Crippen LogP contribution < -0.4 is 25.0 Å². The van der Waals surface area contributed by atoms with Gasteiger partial charge in [-0.25, -0.2) is 0 Å².